The van der Waals surface area contributed by atoms with Crippen LogP contribution in [0.2, 0.25) is 5.15 Å². The predicted octanol–water partition coefficient (Wildman–Crippen LogP) is 3.11. The molecule has 0 amide bonds. The van der Waals surface area contributed by atoms with Crippen molar-refractivity contribution in [3.05, 3.63) is 16.7 Å². The van der Waals surface area contributed by atoms with Gasteiger partial charge in [-0.05, 0) is 12.2 Å². The van der Waals surface area contributed by atoms with E-state index >= 15 is 0 Å². The van der Waals surface area contributed by atoms with Gasteiger partial charge in [-0.1, -0.05) is 37.2 Å². The normalized spacial score (nSPS) is 10.9. The highest BCUT2D eigenvalue weighted by Gasteiger charge is 2.14. The largest absolute Gasteiger partial charge is 0.224 e. The number of halogens is 2. The van der Waals surface area contributed by atoms with Crippen molar-refractivity contribution < 1.29 is 4.39 Å². The van der Waals surface area contributed by atoms with Gasteiger partial charge in [-0.2, -0.15) is 0 Å². The average molecular weight is 221 g/mol. The van der Waals surface area contributed by atoms with Crippen LogP contribution in [0.3, 0.4) is 0 Å². The molecular formula is C8H10ClFN2S. The SMILES string of the molecule is CSc1nc(Cl)c(F)c(C(C)C)n1. The first-order valence-corrected chi connectivity index (χ1v) is 5.43. The molecule has 0 saturated carbocycles. The molecule has 1 aromatic rings. The van der Waals surface area contributed by atoms with E-state index < -0.39 is 5.82 Å². The summed E-state index contributed by atoms with van der Waals surface area (Å²) in [5.74, 6) is -0.485. The molecule has 5 heteroatoms. The Morgan fingerprint density at radius 3 is 2.46 bits per heavy atom. The Morgan fingerprint density at radius 2 is 2.00 bits per heavy atom. The van der Waals surface area contributed by atoms with E-state index in [4.69, 9.17) is 11.6 Å². The van der Waals surface area contributed by atoms with Crippen molar-refractivity contribution in [2.24, 2.45) is 0 Å². The minimum absolute atomic E-state index is 0.0198. The van der Waals surface area contributed by atoms with E-state index in [0.29, 0.717) is 10.9 Å². The van der Waals surface area contributed by atoms with Crippen LogP contribution in [-0.2, 0) is 0 Å². The van der Waals surface area contributed by atoms with E-state index in [0.717, 1.165) is 0 Å². The van der Waals surface area contributed by atoms with E-state index in [2.05, 4.69) is 9.97 Å². The zero-order chi connectivity index (χ0) is 10.0. The van der Waals surface area contributed by atoms with Crippen LogP contribution in [0.4, 0.5) is 4.39 Å². The Morgan fingerprint density at radius 1 is 1.38 bits per heavy atom. The second kappa shape index (κ2) is 4.24. The molecule has 0 radical (unpaired) electrons. The summed E-state index contributed by atoms with van der Waals surface area (Å²) in [5, 5.41) is 0.415. The fraction of sp³-hybridized carbons (Fsp3) is 0.500. The lowest BCUT2D eigenvalue weighted by molar-refractivity contribution is 0.566. The molecule has 0 fully saturated rings. The van der Waals surface area contributed by atoms with Gasteiger partial charge in [0.15, 0.2) is 16.1 Å². The maximum atomic E-state index is 13.3. The second-order valence-corrected chi connectivity index (χ2v) is 3.99. The summed E-state index contributed by atoms with van der Waals surface area (Å²) in [6.45, 7) is 3.73. The van der Waals surface area contributed by atoms with Crippen LogP contribution in [0.5, 0.6) is 0 Å². The van der Waals surface area contributed by atoms with Crippen LogP contribution in [0.25, 0.3) is 0 Å². The Balaban J connectivity index is 3.25. The Hall–Kier alpha value is -0.350. The predicted molar refractivity (Wildman–Crippen MR) is 52.9 cm³/mol. The van der Waals surface area contributed by atoms with Crippen LogP contribution in [0.15, 0.2) is 5.16 Å². The Labute approximate surface area is 85.9 Å². The highest BCUT2D eigenvalue weighted by molar-refractivity contribution is 7.98. The lowest BCUT2D eigenvalue weighted by Crippen LogP contribution is -2.02. The van der Waals surface area contributed by atoms with Crippen molar-refractivity contribution in [3.63, 3.8) is 0 Å². The molecule has 72 valence electrons. The lowest BCUT2D eigenvalue weighted by Gasteiger charge is -2.07. The number of hydrogen-bond acceptors (Lipinski definition) is 3. The van der Waals surface area contributed by atoms with Gasteiger partial charge < -0.3 is 0 Å². The van der Waals surface area contributed by atoms with Crippen molar-refractivity contribution in [2.75, 3.05) is 6.26 Å². The molecule has 1 heterocycles. The third-order valence-corrected chi connectivity index (χ3v) is 2.34. The zero-order valence-electron chi connectivity index (χ0n) is 7.64. The van der Waals surface area contributed by atoms with E-state index in [1.807, 2.05) is 20.1 Å². The van der Waals surface area contributed by atoms with Gasteiger partial charge in [0.25, 0.3) is 0 Å². The first kappa shape index (κ1) is 10.7. The van der Waals surface area contributed by atoms with Crippen molar-refractivity contribution in [1.29, 1.82) is 0 Å². The molecule has 13 heavy (non-hydrogen) atoms. The summed E-state index contributed by atoms with van der Waals surface area (Å²) in [7, 11) is 0. The first-order valence-electron chi connectivity index (χ1n) is 3.83. The molecule has 0 atom stereocenters. The number of nitrogens with zero attached hydrogens (tertiary/aromatic N) is 2. The minimum atomic E-state index is -0.505. The molecule has 0 aromatic carbocycles. The van der Waals surface area contributed by atoms with Crippen LogP contribution < -0.4 is 0 Å². The zero-order valence-corrected chi connectivity index (χ0v) is 9.21. The average Bonchev–Trinajstić information content (AvgIpc) is 2.09. The van der Waals surface area contributed by atoms with Crippen LogP contribution in [0, 0.1) is 5.82 Å². The van der Waals surface area contributed by atoms with E-state index in [-0.39, 0.29) is 11.1 Å². The van der Waals surface area contributed by atoms with Crippen LogP contribution in [-0.4, -0.2) is 16.2 Å². The van der Waals surface area contributed by atoms with Crippen molar-refractivity contribution in [2.45, 2.75) is 24.9 Å². The third-order valence-electron chi connectivity index (χ3n) is 1.55. The minimum Gasteiger partial charge on any atom is -0.224 e. The summed E-state index contributed by atoms with van der Waals surface area (Å²) in [6.07, 6.45) is 1.83. The van der Waals surface area contributed by atoms with Crippen LogP contribution in [0.1, 0.15) is 25.5 Å². The lowest BCUT2D eigenvalue weighted by atomic mass is 10.1. The molecule has 2 nitrogen and oxygen atoms in total. The second-order valence-electron chi connectivity index (χ2n) is 2.86. The summed E-state index contributed by atoms with van der Waals surface area (Å²) in [6, 6.07) is 0. The van der Waals surface area contributed by atoms with Crippen LogP contribution >= 0.6 is 23.4 Å². The Bertz CT molecular complexity index is 317. The molecule has 0 saturated heterocycles. The standard InChI is InChI=1S/C8H10ClFN2S/c1-4(2)6-5(10)7(9)12-8(11-6)13-3/h4H,1-3H3. The molecule has 0 aliphatic carbocycles. The third kappa shape index (κ3) is 2.31. The fourth-order valence-electron chi connectivity index (χ4n) is 0.890. The van der Waals surface area contributed by atoms with E-state index in [1.165, 1.54) is 11.8 Å². The number of aromatic nitrogens is 2. The molecule has 1 rings (SSSR count). The fourth-order valence-corrected chi connectivity index (χ4v) is 1.49. The first-order chi connectivity index (χ1) is 6.06. The van der Waals surface area contributed by atoms with E-state index in [1.54, 1.807) is 0 Å². The molecule has 0 unspecified atom stereocenters. The van der Waals surface area contributed by atoms with Crippen molar-refractivity contribution in [1.82, 2.24) is 9.97 Å². The summed E-state index contributed by atoms with van der Waals surface area (Å²) in [4.78, 5) is 7.82. The molecular weight excluding hydrogens is 211 g/mol. The van der Waals surface area contributed by atoms with Gasteiger partial charge in [-0.3, -0.25) is 0 Å². The topological polar surface area (TPSA) is 25.8 Å². The highest BCUT2D eigenvalue weighted by Crippen LogP contribution is 2.23. The molecule has 0 bridgehead atoms. The Kier molecular flexibility index (Phi) is 3.50. The monoisotopic (exact) mass is 220 g/mol. The van der Waals surface area contributed by atoms with E-state index in [9.17, 15) is 4.39 Å². The number of hydrogen-bond donors (Lipinski definition) is 0. The van der Waals surface area contributed by atoms with Gasteiger partial charge >= 0.3 is 0 Å². The summed E-state index contributed by atoms with van der Waals surface area (Å²) >= 11 is 6.95. The maximum Gasteiger partial charge on any atom is 0.189 e. The number of thioether (sulfide) groups is 1. The molecule has 0 spiro atoms. The van der Waals surface area contributed by atoms with Crippen molar-refractivity contribution >= 4 is 23.4 Å². The molecule has 1 aromatic heterocycles. The molecule has 0 aliphatic rings. The van der Waals surface area contributed by atoms with Gasteiger partial charge in [0.1, 0.15) is 0 Å². The molecule has 0 N–H and O–H groups in total. The summed E-state index contributed by atoms with van der Waals surface area (Å²) < 4.78 is 13.3. The van der Waals surface area contributed by atoms with Gasteiger partial charge in [0.2, 0.25) is 0 Å². The van der Waals surface area contributed by atoms with Gasteiger partial charge in [-0.15, -0.1) is 0 Å². The molecule has 0 aliphatic heterocycles. The maximum absolute atomic E-state index is 13.3. The number of rotatable bonds is 2. The van der Waals surface area contributed by atoms with Crippen molar-refractivity contribution in [3.8, 4) is 0 Å². The summed E-state index contributed by atoms with van der Waals surface area (Å²) in [5.41, 5.74) is 0.379. The van der Waals surface area contributed by atoms with Gasteiger partial charge in [-0.25, -0.2) is 14.4 Å². The van der Waals surface area contributed by atoms with Gasteiger partial charge in [0.05, 0.1) is 5.69 Å². The highest BCUT2D eigenvalue weighted by atomic mass is 35.5. The van der Waals surface area contributed by atoms with Gasteiger partial charge in [0, 0.05) is 0 Å². The quantitative estimate of drug-likeness (QED) is 0.435. The smallest absolute Gasteiger partial charge is 0.189 e.